The van der Waals surface area contributed by atoms with Gasteiger partial charge in [-0.1, -0.05) is 18.5 Å². The summed E-state index contributed by atoms with van der Waals surface area (Å²) in [5.41, 5.74) is 0.915. The van der Waals surface area contributed by atoms with Crippen LogP contribution in [0.15, 0.2) is 24.5 Å². The molecular weight excluding hydrogens is 402 g/mol. The van der Waals surface area contributed by atoms with E-state index in [0.29, 0.717) is 17.3 Å². The quantitative estimate of drug-likeness (QED) is 0.631. The molecule has 1 aliphatic rings. The van der Waals surface area contributed by atoms with Crippen LogP contribution >= 0.6 is 11.6 Å². The number of carbonyl (C=O) groups excluding carboxylic acids is 1. The molecule has 1 aromatic carbocycles. The minimum Gasteiger partial charge on any atom is -0.386 e. The predicted octanol–water partition coefficient (Wildman–Crippen LogP) is 4.65. The molecule has 160 valence electrons. The van der Waals surface area contributed by atoms with Crippen molar-refractivity contribution in [1.29, 1.82) is 0 Å². The van der Waals surface area contributed by atoms with Crippen molar-refractivity contribution in [2.75, 3.05) is 5.32 Å². The molecular formula is C22H28ClN5O2. The van der Waals surface area contributed by atoms with Crippen molar-refractivity contribution < 1.29 is 9.90 Å². The molecule has 0 atom stereocenters. The van der Waals surface area contributed by atoms with Gasteiger partial charge in [0.1, 0.15) is 0 Å². The molecule has 2 N–H and O–H groups in total. The predicted molar refractivity (Wildman–Crippen MR) is 118 cm³/mol. The number of fused-ring (bicyclic) bond motifs is 1. The summed E-state index contributed by atoms with van der Waals surface area (Å²) in [7, 11) is 1.71. The summed E-state index contributed by atoms with van der Waals surface area (Å²) in [4.78, 5) is 12.8. The van der Waals surface area contributed by atoms with Gasteiger partial charge >= 0.3 is 0 Å². The first-order chi connectivity index (χ1) is 14.1. The lowest BCUT2D eigenvalue weighted by Crippen LogP contribution is -2.21. The van der Waals surface area contributed by atoms with Gasteiger partial charge < -0.3 is 10.4 Å². The fourth-order valence-electron chi connectivity index (χ4n) is 4.19. The number of anilines is 1. The first-order valence-corrected chi connectivity index (χ1v) is 10.8. The number of aryl methyl sites for hydroxylation is 1. The van der Waals surface area contributed by atoms with Gasteiger partial charge in [-0.05, 0) is 57.6 Å². The normalized spacial score (nSPS) is 19.9. The van der Waals surface area contributed by atoms with E-state index in [1.807, 2.05) is 23.0 Å². The van der Waals surface area contributed by atoms with Crippen LogP contribution in [0.1, 0.15) is 68.5 Å². The largest absolute Gasteiger partial charge is 0.386 e. The second-order valence-electron chi connectivity index (χ2n) is 8.99. The smallest absolute Gasteiger partial charge is 0.277 e. The van der Waals surface area contributed by atoms with Crippen LogP contribution in [-0.4, -0.2) is 30.6 Å². The third kappa shape index (κ3) is 4.09. The highest BCUT2D eigenvalue weighted by Crippen LogP contribution is 2.35. The molecule has 3 aromatic rings. The summed E-state index contributed by atoms with van der Waals surface area (Å²) in [5.74, 6) is 0.354. The van der Waals surface area contributed by atoms with Crippen LogP contribution in [0.5, 0.6) is 0 Å². The Bertz CT molecular complexity index is 1090. The van der Waals surface area contributed by atoms with E-state index in [1.54, 1.807) is 27.1 Å². The topological polar surface area (TPSA) is 85.0 Å². The zero-order chi connectivity index (χ0) is 21.6. The highest BCUT2D eigenvalue weighted by Gasteiger charge is 2.26. The Morgan fingerprint density at radius 1 is 1.20 bits per heavy atom. The fourth-order valence-corrected chi connectivity index (χ4v) is 4.45. The van der Waals surface area contributed by atoms with Crippen LogP contribution in [0, 0.1) is 5.92 Å². The third-order valence-electron chi connectivity index (χ3n) is 5.93. The molecule has 1 fully saturated rings. The van der Waals surface area contributed by atoms with E-state index in [-0.39, 0.29) is 10.7 Å². The maximum Gasteiger partial charge on any atom is 0.277 e. The van der Waals surface area contributed by atoms with E-state index in [0.717, 1.165) is 29.7 Å². The van der Waals surface area contributed by atoms with Gasteiger partial charge in [0.25, 0.3) is 5.91 Å². The molecule has 1 aliphatic carbocycles. The molecule has 1 amide bonds. The number of amides is 1. The second-order valence-corrected chi connectivity index (χ2v) is 9.40. The highest BCUT2D eigenvalue weighted by atomic mass is 35.5. The standard InChI is InChI=1S/C22H28ClN5O2/c1-13-5-7-15(8-6-13)28-11-14-9-19(16(22(2,3)30)10-18(14)25-28)24-21(29)20-17(23)12-27(4)26-20/h9-13,15,30H,5-8H2,1-4H3,(H,24,29). The Hall–Kier alpha value is -2.38. The Labute approximate surface area is 181 Å². The molecule has 0 bridgehead atoms. The Kier molecular flexibility index (Phi) is 5.36. The van der Waals surface area contributed by atoms with Crippen molar-refractivity contribution in [2.24, 2.45) is 13.0 Å². The third-order valence-corrected chi connectivity index (χ3v) is 6.20. The lowest BCUT2D eigenvalue weighted by molar-refractivity contribution is 0.0793. The lowest BCUT2D eigenvalue weighted by Gasteiger charge is -2.26. The summed E-state index contributed by atoms with van der Waals surface area (Å²) in [6.07, 6.45) is 8.27. The fraction of sp³-hybridized carbons (Fsp3) is 0.500. The number of hydrogen-bond donors (Lipinski definition) is 2. The molecule has 8 heteroatoms. The van der Waals surface area contributed by atoms with Crippen LogP contribution in [0.4, 0.5) is 5.69 Å². The number of nitrogens with zero attached hydrogens (tertiary/aromatic N) is 4. The summed E-state index contributed by atoms with van der Waals surface area (Å²) >= 11 is 6.12. The van der Waals surface area contributed by atoms with E-state index < -0.39 is 11.5 Å². The van der Waals surface area contributed by atoms with Gasteiger partial charge in [0.2, 0.25) is 0 Å². The maximum absolute atomic E-state index is 12.8. The summed E-state index contributed by atoms with van der Waals surface area (Å²) in [5, 5.41) is 23.7. The van der Waals surface area contributed by atoms with Crippen molar-refractivity contribution in [1.82, 2.24) is 19.6 Å². The summed E-state index contributed by atoms with van der Waals surface area (Å²) in [6.45, 7) is 5.68. The molecule has 0 unspecified atom stereocenters. The van der Waals surface area contributed by atoms with E-state index in [2.05, 4.69) is 17.3 Å². The SMILES string of the molecule is CC1CCC(n2cc3cc(NC(=O)c4nn(C)cc4Cl)c(C(C)(C)O)cc3n2)CC1. The number of halogens is 1. The molecule has 0 spiro atoms. The number of carbonyl (C=O) groups is 1. The molecule has 2 aromatic heterocycles. The van der Waals surface area contributed by atoms with Gasteiger partial charge in [-0.25, -0.2) is 0 Å². The van der Waals surface area contributed by atoms with Crippen molar-refractivity contribution >= 4 is 34.1 Å². The minimum absolute atomic E-state index is 0.146. The van der Waals surface area contributed by atoms with Gasteiger partial charge in [0.05, 0.1) is 22.2 Å². The summed E-state index contributed by atoms with van der Waals surface area (Å²) < 4.78 is 3.54. The van der Waals surface area contributed by atoms with Crippen molar-refractivity contribution in [3.8, 4) is 0 Å². The Balaban J connectivity index is 1.70. The average molecular weight is 430 g/mol. The van der Waals surface area contributed by atoms with Gasteiger partial charge in [0.15, 0.2) is 5.69 Å². The van der Waals surface area contributed by atoms with Gasteiger partial charge in [-0.3, -0.25) is 14.2 Å². The Morgan fingerprint density at radius 2 is 1.90 bits per heavy atom. The van der Waals surface area contributed by atoms with Crippen LogP contribution in [-0.2, 0) is 12.6 Å². The van der Waals surface area contributed by atoms with E-state index in [9.17, 15) is 9.90 Å². The first kappa shape index (κ1) is 20.9. The van der Waals surface area contributed by atoms with Crippen LogP contribution in [0.2, 0.25) is 5.02 Å². The van der Waals surface area contributed by atoms with Crippen LogP contribution in [0.25, 0.3) is 10.9 Å². The summed E-state index contributed by atoms with van der Waals surface area (Å²) in [6, 6.07) is 4.11. The molecule has 0 aliphatic heterocycles. The zero-order valence-electron chi connectivity index (χ0n) is 17.8. The number of aliphatic hydroxyl groups is 1. The lowest BCUT2D eigenvalue weighted by atomic mass is 9.87. The zero-order valence-corrected chi connectivity index (χ0v) is 18.6. The maximum atomic E-state index is 12.8. The monoisotopic (exact) mass is 429 g/mol. The minimum atomic E-state index is -1.16. The first-order valence-electron chi connectivity index (χ1n) is 10.4. The van der Waals surface area contributed by atoms with E-state index in [4.69, 9.17) is 16.7 Å². The highest BCUT2D eigenvalue weighted by molar-refractivity contribution is 6.34. The molecule has 1 saturated carbocycles. The Morgan fingerprint density at radius 3 is 2.50 bits per heavy atom. The van der Waals surface area contributed by atoms with Crippen molar-refractivity contribution in [3.63, 3.8) is 0 Å². The molecule has 30 heavy (non-hydrogen) atoms. The van der Waals surface area contributed by atoms with Gasteiger partial charge in [0, 0.05) is 36.1 Å². The van der Waals surface area contributed by atoms with Gasteiger partial charge in [-0.2, -0.15) is 10.2 Å². The molecule has 7 nitrogen and oxygen atoms in total. The van der Waals surface area contributed by atoms with Crippen molar-refractivity contribution in [3.05, 3.63) is 40.8 Å². The average Bonchev–Trinajstić information content (AvgIpc) is 3.23. The molecule has 0 saturated heterocycles. The van der Waals surface area contributed by atoms with Crippen molar-refractivity contribution in [2.45, 2.75) is 58.1 Å². The number of nitrogens with one attached hydrogen (secondary N) is 1. The number of aromatic nitrogens is 4. The number of hydrogen-bond acceptors (Lipinski definition) is 4. The van der Waals surface area contributed by atoms with Crippen LogP contribution in [0.3, 0.4) is 0 Å². The van der Waals surface area contributed by atoms with E-state index in [1.165, 1.54) is 17.5 Å². The number of benzene rings is 1. The van der Waals surface area contributed by atoms with E-state index >= 15 is 0 Å². The molecule has 4 rings (SSSR count). The molecule has 2 heterocycles. The van der Waals surface area contributed by atoms with Gasteiger partial charge in [-0.15, -0.1) is 0 Å². The second kappa shape index (κ2) is 7.71. The molecule has 0 radical (unpaired) electrons. The number of rotatable bonds is 4. The van der Waals surface area contributed by atoms with Crippen LogP contribution < -0.4 is 5.32 Å².